The molecule has 0 aliphatic carbocycles. The Labute approximate surface area is 61.3 Å². The van der Waals surface area contributed by atoms with Gasteiger partial charge in [0.1, 0.15) is 17.6 Å². The van der Waals surface area contributed by atoms with E-state index < -0.39 is 5.82 Å². The highest BCUT2D eigenvalue weighted by Gasteiger charge is 2.03. The molecule has 0 aliphatic heterocycles. The molecule has 54 valence electrons. The minimum atomic E-state index is -0.682. The van der Waals surface area contributed by atoms with E-state index in [4.69, 9.17) is 5.26 Å². The van der Waals surface area contributed by atoms with Gasteiger partial charge in [0.25, 0.3) is 0 Å². The van der Waals surface area contributed by atoms with Crippen LogP contribution in [0.1, 0.15) is 5.69 Å². The Hall–Kier alpha value is -1.83. The number of nitrogens with zero attached hydrogens (tertiary/aromatic N) is 3. The van der Waals surface area contributed by atoms with E-state index in [1.165, 1.54) is 0 Å². The van der Waals surface area contributed by atoms with Gasteiger partial charge >= 0.3 is 0 Å². The number of rotatable bonds is 1. The first-order valence-electron chi connectivity index (χ1n) is 2.67. The monoisotopic (exact) mass is 151 g/mol. The van der Waals surface area contributed by atoms with Crippen molar-refractivity contribution in [2.24, 2.45) is 5.18 Å². The summed E-state index contributed by atoms with van der Waals surface area (Å²) in [5.41, 5.74) is -0.436. The van der Waals surface area contributed by atoms with Crippen molar-refractivity contribution in [3.63, 3.8) is 0 Å². The Morgan fingerprint density at radius 3 is 3.00 bits per heavy atom. The number of pyridine rings is 1. The summed E-state index contributed by atoms with van der Waals surface area (Å²) >= 11 is 0. The minimum absolute atomic E-state index is 0.165. The largest absolute Gasteiger partial charge is 0.240 e. The van der Waals surface area contributed by atoms with Crippen LogP contribution in [-0.4, -0.2) is 4.98 Å². The molecule has 0 saturated carbocycles. The van der Waals surface area contributed by atoms with Crippen molar-refractivity contribution in [3.05, 3.63) is 28.7 Å². The zero-order valence-corrected chi connectivity index (χ0v) is 5.28. The van der Waals surface area contributed by atoms with Crippen LogP contribution >= 0.6 is 0 Å². The Morgan fingerprint density at radius 2 is 2.45 bits per heavy atom. The molecule has 0 unspecified atom stereocenters. The van der Waals surface area contributed by atoms with E-state index in [2.05, 4.69) is 10.2 Å². The van der Waals surface area contributed by atoms with Crippen molar-refractivity contribution >= 4 is 5.69 Å². The van der Waals surface area contributed by atoms with E-state index in [0.717, 1.165) is 12.3 Å². The van der Waals surface area contributed by atoms with Crippen molar-refractivity contribution < 1.29 is 4.39 Å². The van der Waals surface area contributed by atoms with E-state index in [0.29, 0.717) is 0 Å². The van der Waals surface area contributed by atoms with Gasteiger partial charge in [0.05, 0.1) is 6.20 Å². The van der Waals surface area contributed by atoms with Crippen LogP contribution in [0.3, 0.4) is 0 Å². The molecule has 0 N–H and O–H groups in total. The average molecular weight is 151 g/mol. The molecule has 5 heteroatoms. The molecule has 0 atom stereocenters. The van der Waals surface area contributed by atoms with E-state index >= 15 is 0 Å². The molecule has 0 bridgehead atoms. The first kappa shape index (κ1) is 7.28. The van der Waals surface area contributed by atoms with Crippen LogP contribution < -0.4 is 0 Å². The van der Waals surface area contributed by atoms with E-state index in [1.54, 1.807) is 6.07 Å². The highest BCUT2D eigenvalue weighted by atomic mass is 19.1. The van der Waals surface area contributed by atoms with Crippen LogP contribution in [-0.2, 0) is 0 Å². The summed E-state index contributed by atoms with van der Waals surface area (Å²) in [6, 6.07) is 2.46. The number of halogens is 1. The van der Waals surface area contributed by atoms with Crippen molar-refractivity contribution in [3.8, 4) is 6.07 Å². The number of nitroso groups, excluding NO2 is 1. The van der Waals surface area contributed by atoms with Gasteiger partial charge in [-0.15, -0.1) is 4.91 Å². The summed E-state index contributed by atoms with van der Waals surface area (Å²) in [6.07, 6.45) is 0.854. The van der Waals surface area contributed by atoms with Crippen LogP contribution in [0, 0.1) is 22.1 Å². The van der Waals surface area contributed by atoms with Crippen molar-refractivity contribution in [1.82, 2.24) is 4.98 Å². The molecule has 1 aromatic rings. The predicted octanol–water partition coefficient (Wildman–Crippen LogP) is 1.49. The molecule has 0 spiro atoms. The maximum Gasteiger partial charge on any atom is 0.169 e. The van der Waals surface area contributed by atoms with Gasteiger partial charge in [-0.25, -0.2) is 9.37 Å². The summed E-state index contributed by atoms with van der Waals surface area (Å²) in [6.45, 7) is 0. The maximum absolute atomic E-state index is 12.3. The average Bonchev–Trinajstić information content (AvgIpc) is 2.04. The van der Waals surface area contributed by atoms with Gasteiger partial charge in [0.15, 0.2) is 5.69 Å². The third-order valence-corrected chi connectivity index (χ3v) is 1.04. The minimum Gasteiger partial charge on any atom is -0.240 e. The van der Waals surface area contributed by atoms with Gasteiger partial charge in [-0.05, 0) is 5.18 Å². The van der Waals surface area contributed by atoms with Crippen LogP contribution in [0.5, 0.6) is 0 Å². The summed E-state index contributed by atoms with van der Waals surface area (Å²) < 4.78 is 12.3. The lowest BCUT2D eigenvalue weighted by Crippen LogP contribution is -1.84. The number of nitriles is 1. The standard InChI is InChI=1S/C6H2FN3O/c7-4-1-5(10-11)6(2-8)9-3-4/h1,3H. The molecular weight excluding hydrogens is 149 g/mol. The van der Waals surface area contributed by atoms with Gasteiger partial charge < -0.3 is 0 Å². The molecule has 1 aromatic heterocycles. The fourth-order valence-electron chi connectivity index (χ4n) is 0.584. The second-order valence-corrected chi connectivity index (χ2v) is 1.72. The lowest BCUT2D eigenvalue weighted by atomic mass is 10.3. The lowest BCUT2D eigenvalue weighted by molar-refractivity contribution is 0.621. The molecular formula is C6H2FN3O. The quantitative estimate of drug-likeness (QED) is 0.571. The molecule has 11 heavy (non-hydrogen) atoms. The fourth-order valence-corrected chi connectivity index (χ4v) is 0.584. The lowest BCUT2D eigenvalue weighted by Gasteiger charge is -1.90. The SMILES string of the molecule is N#Cc1ncc(F)cc1N=O. The highest BCUT2D eigenvalue weighted by molar-refractivity contribution is 5.48. The molecule has 0 amide bonds. The third-order valence-electron chi connectivity index (χ3n) is 1.04. The Balaban J connectivity index is 3.30. The normalized spacial score (nSPS) is 8.73. The summed E-state index contributed by atoms with van der Waals surface area (Å²) in [7, 11) is 0. The highest BCUT2D eigenvalue weighted by Crippen LogP contribution is 2.15. The first-order chi connectivity index (χ1) is 5.27. The predicted molar refractivity (Wildman–Crippen MR) is 34.4 cm³/mol. The molecule has 0 radical (unpaired) electrons. The Kier molecular flexibility index (Phi) is 1.88. The second kappa shape index (κ2) is 2.84. The number of hydrogen-bond donors (Lipinski definition) is 0. The Bertz CT molecular complexity index is 331. The van der Waals surface area contributed by atoms with Gasteiger partial charge in [-0.3, -0.25) is 0 Å². The van der Waals surface area contributed by atoms with Crippen LogP contribution in [0.2, 0.25) is 0 Å². The zero-order valence-electron chi connectivity index (χ0n) is 5.28. The fraction of sp³-hybridized carbons (Fsp3) is 0. The van der Waals surface area contributed by atoms with E-state index in [1.807, 2.05) is 0 Å². The maximum atomic E-state index is 12.3. The molecule has 0 saturated heterocycles. The van der Waals surface area contributed by atoms with Gasteiger partial charge in [-0.2, -0.15) is 5.26 Å². The molecule has 1 rings (SSSR count). The number of aromatic nitrogens is 1. The van der Waals surface area contributed by atoms with E-state index in [9.17, 15) is 9.30 Å². The zero-order chi connectivity index (χ0) is 8.27. The molecule has 0 aromatic carbocycles. The van der Waals surface area contributed by atoms with Crippen molar-refractivity contribution in [2.75, 3.05) is 0 Å². The van der Waals surface area contributed by atoms with Crippen LogP contribution in [0.25, 0.3) is 0 Å². The van der Waals surface area contributed by atoms with Crippen molar-refractivity contribution in [2.45, 2.75) is 0 Å². The first-order valence-corrected chi connectivity index (χ1v) is 2.67. The van der Waals surface area contributed by atoms with Crippen LogP contribution in [0.4, 0.5) is 10.1 Å². The Morgan fingerprint density at radius 1 is 1.73 bits per heavy atom. The smallest absolute Gasteiger partial charge is 0.169 e. The van der Waals surface area contributed by atoms with Gasteiger partial charge in [-0.1, -0.05) is 0 Å². The van der Waals surface area contributed by atoms with Gasteiger partial charge in [0.2, 0.25) is 0 Å². The topological polar surface area (TPSA) is 66.1 Å². The number of hydrogen-bond acceptors (Lipinski definition) is 4. The van der Waals surface area contributed by atoms with Gasteiger partial charge in [0, 0.05) is 6.07 Å². The van der Waals surface area contributed by atoms with Crippen LogP contribution in [0.15, 0.2) is 17.4 Å². The molecule has 1 heterocycles. The molecule has 0 aliphatic rings. The third kappa shape index (κ3) is 1.35. The molecule has 4 nitrogen and oxygen atoms in total. The second-order valence-electron chi connectivity index (χ2n) is 1.72. The summed E-state index contributed by atoms with van der Waals surface area (Å²) in [4.78, 5) is 13.3. The summed E-state index contributed by atoms with van der Waals surface area (Å²) in [5.74, 6) is -0.682. The molecule has 0 fully saturated rings. The van der Waals surface area contributed by atoms with Crippen molar-refractivity contribution in [1.29, 1.82) is 5.26 Å². The summed E-state index contributed by atoms with van der Waals surface area (Å²) in [5, 5.41) is 10.7. The van der Waals surface area contributed by atoms with E-state index in [-0.39, 0.29) is 11.4 Å².